The quantitative estimate of drug-likeness (QED) is 0.549. The van der Waals surface area contributed by atoms with Gasteiger partial charge in [-0.25, -0.2) is 28.7 Å². The van der Waals surface area contributed by atoms with E-state index in [0.717, 1.165) is 0 Å². The van der Waals surface area contributed by atoms with Crippen LogP contribution in [0, 0.1) is 11.7 Å². The molecule has 0 bridgehead atoms. The summed E-state index contributed by atoms with van der Waals surface area (Å²) >= 11 is 1.36. The van der Waals surface area contributed by atoms with Gasteiger partial charge in [0.05, 0.1) is 11.7 Å². The summed E-state index contributed by atoms with van der Waals surface area (Å²) in [5, 5.41) is 3.23. The number of thioether (sulfide) groups is 1. The molecule has 1 saturated carbocycles. The smallest absolute Gasteiger partial charge is 0.379 e. The van der Waals surface area contributed by atoms with Gasteiger partial charge >= 0.3 is 6.18 Å². The lowest BCUT2D eigenvalue weighted by atomic mass is 9.86. The van der Waals surface area contributed by atoms with E-state index < -0.39 is 29.9 Å². The zero-order chi connectivity index (χ0) is 22.7. The molecule has 0 amide bonds. The number of nitrogens with two attached hydrogens (primary N) is 1. The van der Waals surface area contributed by atoms with Crippen LogP contribution < -0.4 is 11.1 Å². The fourth-order valence-corrected chi connectivity index (χ4v) is 5.19. The van der Waals surface area contributed by atoms with E-state index in [1.807, 2.05) is 0 Å². The zero-order valence-electron chi connectivity index (χ0n) is 16.2. The largest absolute Gasteiger partial charge is 0.434 e. The first-order valence-corrected chi connectivity index (χ1v) is 10.4. The van der Waals surface area contributed by atoms with E-state index in [0.29, 0.717) is 18.3 Å². The molecule has 3 atom stereocenters. The lowest BCUT2D eigenvalue weighted by molar-refractivity contribution is -0.141. The molecule has 12 heteroatoms. The summed E-state index contributed by atoms with van der Waals surface area (Å²) in [5.74, 6) is -0.665. The molecule has 166 valence electrons. The second kappa shape index (κ2) is 7.26. The number of benzene rings is 1. The van der Waals surface area contributed by atoms with Gasteiger partial charge in [-0.3, -0.25) is 0 Å². The van der Waals surface area contributed by atoms with Crippen molar-refractivity contribution in [1.82, 2.24) is 15.0 Å². The van der Waals surface area contributed by atoms with Crippen LogP contribution in [-0.4, -0.2) is 32.0 Å². The first kappa shape index (κ1) is 20.9. The number of nitrogens with zero attached hydrogens (tertiary/aromatic N) is 4. The molecule has 1 aliphatic carbocycles. The molecule has 32 heavy (non-hydrogen) atoms. The molecule has 2 aromatic heterocycles. The lowest BCUT2D eigenvalue weighted by Crippen LogP contribution is -2.36. The normalized spacial score (nSPS) is 24.7. The summed E-state index contributed by atoms with van der Waals surface area (Å²) in [7, 11) is 0. The van der Waals surface area contributed by atoms with E-state index in [1.54, 1.807) is 0 Å². The van der Waals surface area contributed by atoms with E-state index in [-0.39, 0.29) is 38.8 Å². The number of rotatable bonds is 4. The third-order valence-corrected chi connectivity index (χ3v) is 6.73. The SMILES string of the molecule is NC1=N[C@](CF)(c2cc(Nc3nccc4nc(C(F)(F)F)cnc34)ccc2F)C2C[C@@H]2S1. The summed E-state index contributed by atoms with van der Waals surface area (Å²) in [4.78, 5) is 15.8. The highest BCUT2D eigenvalue weighted by atomic mass is 32.2. The maximum atomic E-state index is 14.8. The number of anilines is 2. The first-order chi connectivity index (χ1) is 15.2. The molecule has 1 aromatic carbocycles. The standard InChI is InChI=1S/C20H15F5N6S/c21-8-19(11-6-14(11)32-18(26)31-19)10-5-9(1-2-12(10)22)29-17-16-13(3-4-27-17)30-15(7-28-16)20(23,24)25/h1-5,7,11,14H,6,8H2,(H2,26,31)(H,27,29)/t11?,14-,19+/m0/s1. The van der Waals surface area contributed by atoms with Gasteiger partial charge in [0.15, 0.2) is 16.7 Å². The van der Waals surface area contributed by atoms with Gasteiger partial charge in [-0.2, -0.15) is 13.2 Å². The molecular weight excluding hydrogens is 451 g/mol. The molecule has 6 nitrogen and oxygen atoms in total. The molecule has 1 fully saturated rings. The zero-order valence-corrected chi connectivity index (χ0v) is 17.0. The predicted molar refractivity (Wildman–Crippen MR) is 111 cm³/mol. The molecule has 3 aromatic rings. The summed E-state index contributed by atoms with van der Waals surface area (Å²) in [6, 6.07) is 5.33. The van der Waals surface area contributed by atoms with Gasteiger partial charge < -0.3 is 11.1 Å². The summed E-state index contributed by atoms with van der Waals surface area (Å²) in [5.41, 5.74) is 3.83. The molecular formula is C20H15F5N6S. The number of fused-ring (bicyclic) bond motifs is 2. The van der Waals surface area contributed by atoms with Crippen molar-refractivity contribution in [2.45, 2.75) is 23.4 Å². The van der Waals surface area contributed by atoms with Crippen LogP contribution in [0.25, 0.3) is 11.0 Å². The monoisotopic (exact) mass is 466 g/mol. The Morgan fingerprint density at radius 3 is 2.78 bits per heavy atom. The number of amidine groups is 1. The Bertz CT molecular complexity index is 1250. The molecule has 0 radical (unpaired) electrons. The third-order valence-electron chi connectivity index (χ3n) is 5.58. The topological polar surface area (TPSA) is 89.1 Å². The molecule has 0 saturated heterocycles. The van der Waals surface area contributed by atoms with E-state index >= 15 is 0 Å². The maximum absolute atomic E-state index is 14.8. The van der Waals surface area contributed by atoms with Gasteiger partial charge in [0.25, 0.3) is 0 Å². The number of aliphatic imine (C=N–C) groups is 1. The Hall–Kier alpha value is -3.02. The summed E-state index contributed by atoms with van der Waals surface area (Å²) in [6.07, 6.45) is -2.05. The highest BCUT2D eigenvalue weighted by molar-refractivity contribution is 8.14. The van der Waals surface area contributed by atoms with Crippen LogP contribution in [0.15, 0.2) is 41.7 Å². The molecule has 2 aliphatic rings. The highest BCUT2D eigenvalue weighted by Crippen LogP contribution is 2.58. The Morgan fingerprint density at radius 2 is 2.03 bits per heavy atom. The van der Waals surface area contributed by atoms with Crippen LogP contribution in [0.5, 0.6) is 0 Å². The van der Waals surface area contributed by atoms with Gasteiger partial charge in [0, 0.05) is 28.6 Å². The van der Waals surface area contributed by atoms with Crippen molar-refractivity contribution in [3.05, 3.63) is 53.7 Å². The summed E-state index contributed by atoms with van der Waals surface area (Å²) in [6.45, 7) is -0.909. The highest BCUT2D eigenvalue weighted by Gasteiger charge is 2.58. The second-order valence-electron chi connectivity index (χ2n) is 7.61. The number of aromatic nitrogens is 3. The van der Waals surface area contributed by atoms with Gasteiger partial charge in [0.1, 0.15) is 23.5 Å². The molecule has 3 N–H and O–H groups in total. The van der Waals surface area contributed by atoms with E-state index in [1.165, 1.54) is 42.2 Å². The minimum atomic E-state index is -4.63. The number of alkyl halides is 4. The van der Waals surface area contributed by atoms with Crippen LogP contribution in [0.3, 0.4) is 0 Å². The van der Waals surface area contributed by atoms with Gasteiger partial charge in [-0.05, 0) is 30.7 Å². The second-order valence-corrected chi connectivity index (χ2v) is 8.87. The number of hydrogen-bond acceptors (Lipinski definition) is 7. The van der Waals surface area contributed by atoms with E-state index in [4.69, 9.17) is 5.73 Å². The van der Waals surface area contributed by atoms with Crippen LogP contribution >= 0.6 is 11.8 Å². The van der Waals surface area contributed by atoms with Crippen LogP contribution in [0.4, 0.5) is 33.5 Å². The van der Waals surface area contributed by atoms with Gasteiger partial charge in [0.2, 0.25) is 0 Å². The Labute approximate surface area is 182 Å². The van der Waals surface area contributed by atoms with Crippen molar-refractivity contribution >= 4 is 39.5 Å². The molecule has 5 rings (SSSR count). The van der Waals surface area contributed by atoms with Crippen molar-refractivity contribution in [2.75, 3.05) is 12.0 Å². The first-order valence-electron chi connectivity index (χ1n) is 9.55. The Kier molecular flexibility index (Phi) is 4.73. The average molecular weight is 466 g/mol. The fourth-order valence-electron chi connectivity index (χ4n) is 3.97. The summed E-state index contributed by atoms with van der Waals surface area (Å²) < 4.78 is 67.9. The van der Waals surface area contributed by atoms with Crippen molar-refractivity contribution in [1.29, 1.82) is 0 Å². The molecule has 3 heterocycles. The van der Waals surface area contributed by atoms with Gasteiger partial charge in [-0.15, -0.1) is 0 Å². The van der Waals surface area contributed by atoms with Gasteiger partial charge in [-0.1, -0.05) is 11.8 Å². The van der Waals surface area contributed by atoms with Crippen LogP contribution in [-0.2, 0) is 11.7 Å². The maximum Gasteiger partial charge on any atom is 0.434 e. The fraction of sp³-hybridized carbons (Fsp3) is 0.300. The minimum absolute atomic E-state index is 0.0117. The lowest BCUT2D eigenvalue weighted by Gasteiger charge is -2.31. The molecule has 1 unspecified atom stereocenters. The number of pyridine rings is 1. The average Bonchev–Trinajstić information content (AvgIpc) is 3.53. The van der Waals surface area contributed by atoms with Crippen molar-refractivity contribution < 1.29 is 22.0 Å². The Balaban J connectivity index is 1.54. The number of nitrogens with one attached hydrogen (secondary N) is 1. The van der Waals surface area contributed by atoms with Crippen molar-refractivity contribution in [2.24, 2.45) is 16.6 Å². The predicted octanol–water partition coefficient (Wildman–Crippen LogP) is 4.54. The number of halogens is 5. The van der Waals surface area contributed by atoms with Crippen LogP contribution in [0.2, 0.25) is 0 Å². The third kappa shape index (κ3) is 3.42. The molecule has 0 spiro atoms. The molecule has 1 aliphatic heterocycles. The van der Waals surface area contributed by atoms with Crippen LogP contribution in [0.1, 0.15) is 17.7 Å². The minimum Gasteiger partial charge on any atom is -0.379 e. The van der Waals surface area contributed by atoms with E-state index in [9.17, 15) is 22.0 Å². The van der Waals surface area contributed by atoms with Crippen molar-refractivity contribution in [3.63, 3.8) is 0 Å². The Morgan fingerprint density at radius 1 is 1.22 bits per heavy atom. The van der Waals surface area contributed by atoms with E-state index in [2.05, 4.69) is 25.3 Å². The van der Waals surface area contributed by atoms with Crippen molar-refractivity contribution in [3.8, 4) is 0 Å². The number of hydrogen-bond donors (Lipinski definition) is 2.